The first-order chi connectivity index (χ1) is 14.5. The SMILES string of the molecule is C[N+]1(C)CC(C(=O)c2ccccc2)C(c2ccccc2)C(C(=O)c2ccccc2)C1. The quantitative estimate of drug-likeness (QED) is 0.454. The number of rotatable bonds is 5. The number of likely N-dealkylation sites (tertiary alicyclic amines) is 1. The van der Waals surface area contributed by atoms with Crippen molar-refractivity contribution in [3.63, 3.8) is 0 Å². The summed E-state index contributed by atoms with van der Waals surface area (Å²) in [5.41, 5.74) is 2.51. The minimum Gasteiger partial charge on any atom is -0.327 e. The van der Waals surface area contributed by atoms with Gasteiger partial charge in [-0.2, -0.15) is 0 Å². The molecule has 0 bridgehead atoms. The molecule has 0 aromatic heterocycles. The highest BCUT2D eigenvalue weighted by atomic mass is 16.1. The van der Waals surface area contributed by atoms with Crippen molar-refractivity contribution < 1.29 is 14.1 Å². The lowest BCUT2D eigenvalue weighted by molar-refractivity contribution is -0.900. The highest BCUT2D eigenvalue weighted by Crippen LogP contribution is 2.42. The Morgan fingerprint density at radius 3 is 1.40 bits per heavy atom. The molecule has 2 atom stereocenters. The Balaban J connectivity index is 1.81. The van der Waals surface area contributed by atoms with Crippen molar-refractivity contribution >= 4 is 11.6 Å². The van der Waals surface area contributed by atoms with Gasteiger partial charge in [-0.3, -0.25) is 9.59 Å². The summed E-state index contributed by atoms with van der Waals surface area (Å²) >= 11 is 0. The van der Waals surface area contributed by atoms with E-state index >= 15 is 0 Å². The van der Waals surface area contributed by atoms with Gasteiger partial charge in [0.1, 0.15) is 0 Å². The van der Waals surface area contributed by atoms with Gasteiger partial charge in [-0.25, -0.2) is 0 Å². The Labute approximate surface area is 178 Å². The third-order valence-corrected chi connectivity index (χ3v) is 6.22. The Bertz CT molecular complexity index is 949. The summed E-state index contributed by atoms with van der Waals surface area (Å²) in [6.45, 7) is 1.43. The van der Waals surface area contributed by atoms with E-state index in [1.54, 1.807) is 0 Å². The van der Waals surface area contributed by atoms with E-state index < -0.39 is 0 Å². The van der Waals surface area contributed by atoms with Crippen molar-refractivity contribution in [3.05, 3.63) is 108 Å². The highest BCUT2D eigenvalue weighted by molar-refractivity contribution is 6.02. The number of carbonyl (C=O) groups excluding carboxylic acids is 2. The first-order valence-electron chi connectivity index (χ1n) is 10.5. The van der Waals surface area contributed by atoms with Crippen LogP contribution in [0.4, 0.5) is 0 Å². The van der Waals surface area contributed by atoms with E-state index in [0.29, 0.717) is 17.6 Å². The molecular weight excluding hydrogens is 370 g/mol. The summed E-state index contributed by atoms with van der Waals surface area (Å²) in [5.74, 6) is -0.396. The Hall–Kier alpha value is -3.04. The zero-order valence-corrected chi connectivity index (χ0v) is 17.6. The topological polar surface area (TPSA) is 34.1 Å². The molecule has 3 nitrogen and oxygen atoms in total. The Morgan fingerprint density at radius 1 is 0.633 bits per heavy atom. The lowest BCUT2D eigenvalue weighted by Crippen LogP contribution is -2.57. The average molecular weight is 399 g/mol. The molecule has 0 aliphatic carbocycles. The molecule has 0 saturated carbocycles. The molecule has 4 rings (SSSR count). The van der Waals surface area contributed by atoms with Crippen LogP contribution in [0.15, 0.2) is 91.0 Å². The molecule has 1 saturated heterocycles. The van der Waals surface area contributed by atoms with E-state index in [-0.39, 0.29) is 29.3 Å². The van der Waals surface area contributed by atoms with Crippen molar-refractivity contribution in [1.29, 1.82) is 0 Å². The number of carbonyl (C=O) groups is 2. The van der Waals surface area contributed by atoms with Gasteiger partial charge in [0.15, 0.2) is 11.6 Å². The van der Waals surface area contributed by atoms with E-state index in [9.17, 15) is 9.59 Å². The van der Waals surface area contributed by atoms with Crippen molar-refractivity contribution in [1.82, 2.24) is 0 Å². The molecule has 0 N–H and O–H groups in total. The second-order valence-corrected chi connectivity index (χ2v) is 8.91. The lowest BCUT2D eigenvalue weighted by atomic mass is 9.68. The van der Waals surface area contributed by atoms with Crippen molar-refractivity contribution in [2.75, 3.05) is 27.2 Å². The molecule has 2 unspecified atom stereocenters. The molecule has 3 aromatic rings. The number of benzene rings is 3. The van der Waals surface area contributed by atoms with Crippen LogP contribution in [0, 0.1) is 11.8 Å². The van der Waals surface area contributed by atoms with Crippen LogP contribution >= 0.6 is 0 Å². The van der Waals surface area contributed by atoms with E-state index in [0.717, 1.165) is 16.7 Å². The van der Waals surface area contributed by atoms with Crippen LogP contribution in [0.1, 0.15) is 32.2 Å². The fourth-order valence-electron chi connectivity index (χ4n) is 4.91. The van der Waals surface area contributed by atoms with Gasteiger partial charge in [-0.15, -0.1) is 0 Å². The minimum atomic E-state index is -0.254. The number of piperidine rings is 1. The Morgan fingerprint density at radius 2 is 1.00 bits per heavy atom. The largest absolute Gasteiger partial charge is 0.327 e. The fraction of sp³-hybridized carbons (Fsp3) is 0.259. The standard InChI is InChI=1S/C27H28NO2/c1-28(2)18-23(26(29)21-14-8-4-9-15-21)25(20-12-6-3-7-13-20)24(19-28)27(30)22-16-10-5-11-17-22/h3-17,23-25H,18-19H2,1-2H3/q+1. The third-order valence-electron chi connectivity index (χ3n) is 6.22. The summed E-state index contributed by atoms with van der Waals surface area (Å²) in [6.07, 6.45) is 0. The van der Waals surface area contributed by atoms with Gasteiger partial charge in [0.05, 0.1) is 39.0 Å². The molecule has 0 amide bonds. The van der Waals surface area contributed by atoms with E-state index in [1.165, 1.54) is 0 Å². The van der Waals surface area contributed by atoms with Gasteiger partial charge >= 0.3 is 0 Å². The van der Waals surface area contributed by atoms with E-state index in [4.69, 9.17) is 0 Å². The van der Waals surface area contributed by atoms with Crippen molar-refractivity contribution in [2.45, 2.75) is 5.92 Å². The predicted molar refractivity (Wildman–Crippen MR) is 120 cm³/mol. The van der Waals surface area contributed by atoms with Crippen LogP contribution in [0.5, 0.6) is 0 Å². The summed E-state index contributed by atoms with van der Waals surface area (Å²) in [4.78, 5) is 27.3. The monoisotopic (exact) mass is 398 g/mol. The molecule has 1 fully saturated rings. The fourth-order valence-corrected chi connectivity index (χ4v) is 4.91. The van der Waals surface area contributed by atoms with Crippen LogP contribution < -0.4 is 0 Å². The number of hydrogen-bond donors (Lipinski definition) is 0. The van der Waals surface area contributed by atoms with Crippen LogP contribution in [0.2, 0.25) is 0 Å². The predicted octanol–water partition coefficient (Wildman–Crippen LogP) is 4.86. The summed E-state index contributed by atoms with van der Waals surface area (Å²) < 4.78 is 0.649. The molecule has 152 valence electrons. The van der Waals surface area contributed by atoms with Crippen LogP contribution in [0.25, 0.3) is 0 Å². The van der Waals surface area contributed by atoms with Gasteiger partial charge in [0.25, 0.3) is 0 Å². The molecule has 1 aliphatic rings. The molecule has 3 heteroatoms. The molecule has 30 heavy (non-hydrogen) atoms. The first-order valence-corrected chi connectivity index (χ1v) is 10.5. The molecule has 1 aliphatic heterocycles. The zero-order chi connectivity index (χ0) is 21.1. The van der Waals surface area contributed by atoms with Crippen LogP contribution in [-0.2, 0) is 0 Å². The summed E-state index contributed by atoms with van der Waals surface area (Å²) in [7, 11) is 4.25. The van der Waals surface area contributed by atoms with E-state index in [1.807, 2.05) is 78.9 Å². The van der Waals surface area contributed by atoms with Gasteiger partial charge in [-0.1, -0.05) is 91.0 Å². The highest BCUT2D eigenvalue weighted by Gasteiger charge is 2.49. The minimum absolute atomic E-state index is 0.126. The maximum atomic E-state index is 13.7. The second kappa shape index (κ2) is 8.37. The van der Waals surface area contributed by atoms with Gasteiger partial charge < -0.3 is 4.48 Å². The van der Waals surface area contributed by atoms with Gasteiger partial charge in [0.2, 0.25) is 0 Å². The van der Waals surface area contributed by atoms with Crippen molar-refractivity contribution in [2.24, 2.45) is 11.8 Å². The first kappa shape index (κ1) is 20.2. The average Bonchev–Trinajstić information content (AvgIpc) is 2.78. The van der Waals surface area contributed by atoms with Gasteiger partial charge in [0, 0.05) is 17.0 Å². The lowest BCUT2D eigenvalue weighted by Gasteiger charge is -2.46. The second-order valence-electron chi connectivity index (χ2n) is 8.91. The molecular formula is C27H28NO2+. The third kappa shape index (κ3) is 4.12. The van der Waals surface area contributed by atoms with Crippen LogP contribution in [0.3, 0.4) is 0 Å². The smallest absolute Gasteiger partial charge is 0.172 e. The molecule has 1 heterocycles. The zero-order valence-electron chi connectivity index (χ0n) is 17.6. The number of hydrogen-bond acceptors (Lipinski definition) is 2. The van der Waals surface area contributed by atoms with Gasteiger partial charge in [-0.05, 0) is 5.56 Å². The number of quaternary nitrogens is 1. The maximum Gasteiger partial charge on any atom is 0.172 e. The normalized spacial score (nSPS) is 22.9. The summed E-state index contributed by atoms with van der Waals surface area (Å²) in [5, 5.41) is 0. The summed E-state index contributed by atoms with van der Waals surface area (Å²) in [6, 6.07) is 29.1. The Kier molecular flexibility index (Phi) is 5.65. The van der Waals surface area contributed by atoms with Crippen molar-refractivity contribution in [3.8, 4) is 0 Å². The van der Waals surface area contributed by atoms with E-state index in [2.05, 4.69) is 26.2 Å². The number of Topliss-reactive ketones (excluding diaryl/α,β-unsaturated/α-hetero) is 2. The number of nitrogens with zero attached hydrogens (tertiary/aromatic N) is 1. The molecule has 0 radical (unpaired) electrons. The maximum absolute atomic E-state index is 13.7. The van der Waals surface area contributed by atoms with Crippen LogP contribution in [-0.4, -0.2) is 43.2 Å². The molecule has 0 spiro atoms. The number of ketones is 2. The molecule has 3 aromatic carbocycles.